The van der Waals surface area contributed by atoms with Crippen LogP contribution in [0.25, 0.3) is 55.7 Å². The zero-order valence-electron chi connectivity index (χ0n) is 22.2. The molecule has 0 saturated carbocycles. The molecular weight excluding hydrogens is 474 g/mol. The first kappa shape index (κ1) is 23.4. The van der Waals surface area contributed by atoms with Gasteiger partial charge in [-0.25, -0.2) is 9.97 Å². The summed E-state index contributed by atoms with van der Waals surface area (Å²) in [5, 5.41) is 2.46. The maximum atomic E-state index is 5.18. The van der Waals surface area contributed by atoms with Crippen LogP contribution in [0, 0.1) is 13.8 Å². The standard InChI is InChI=1S/C36H29N3/c1-24-13-9-10-18-28(24)29-21-22-34-35(25(29)2)30-19-11-12-20-33(30)39(34)36-37-31(26-14-5-3-6-15-26)23-32(38-36)27-16-7-4-8-17-27/h3,5-7,9-23H,4,8H2,1-2H3. The number of aromatic nitrogens is 3. The summed E-state index contributed by atoms with van der Waals surface area (Å²) >= 11 is 0. The molecule has 0 N–H and O–H groups in total. The van der Waals surface area contributed by atoms with E-state index >= 15 is 0 Å². The number of nitrogens with zero attached hydrogens (tertiary/aromatic N) is 3. The van der Waals surface area contributed by atoms with Gasteiger partial charge in [0.1, 0.15) is 0 Å². The molecule has 0 unspecified atom stereocenters. The number of aryl methyl sites for hydroxylation is 2. The van der Waals surface area contributed by atoms with Crippen LogP contribution in [0.2, 0.25) is 0 Å². The monoisotopic (exact) mass is 503 g/mol. The third-order valence-electron chi connectivity index (χ3n) is 7.81. The predicted molar refractivity (Wildman–Crippen MR) is 163 cm³/mol. The molecule has 2 heterocycles. The number of rotatable bonds is 4. The maximum absolute atomic E-state index is 5.18. The van der Waals surface area contributed by atoms with Crippen LogP contribution in [-0.2, 0) is 0 Å². The molecule has 0 spiro atoms. The Morgan fingerprint density at radius 2 is 1.44 bits per heavy atom. The van der Waals surface area contributed by atoms with E-state index in [2.05, 4.69) is 128 Å². The van der Waals surface area contributed by atoms with Crippen molar-refractivity contribution < 1.29 is 0 Å². The molecule has 1 aliphatic rings. The molecule has 0 radical (unpaired) electrons. The van der Waals surface area contributed by atoms with Gasteiger partial charge in [-0.2, -0.15) is 0 Å². The molecule has 188 valence electrons. The van der Waals surface area contributed by atoms with Crippen molar-refractivity contribution in [1.82, 2.24) is 14.5 Å². The van der Waals surface area contributed by atoms with Crippen molar-refractivity contribution in [2.75, 3.05) is 0 Å². The fraction of sp³-hybridized carbons (Fsp3) is 0.111. The number of hydrogen-bond donors (Lipinski definition) is 0. The Labute approximate surface area is 228 Å². The van der Waals surface area contributed by atoms with Gasteiger partial charge in [-0.15, -0.1) is 0 Å². The van der Waals surface area contributed by atoms with Gasteiger partial charge in [0.15, 0.2) is 0 Å². The first-order chi connectivity index (χ1) is 19.2. The Bertz CT molecular complexity index is 1920. The van der Waals surface area contributed by atoms with Crippen molar-refractivity contribution in [3.63, 3.8) is 0 Å². The highest BCUT2D eigenvalue weighted by Crippen LogP contribution is 2.39. The van der Waals surface area contributed by atoms with E-state index in [0.717, 1.165) is 46.4 Å². The fourth-order valence-corrected chi connectivity index (χ4v) is 5.86. The number of hydrogen-bond acceptors (Lipinski definition) is 2. The van der Waals surface area contributed by atoms with E-state index in [1.54, 1.807) is 0 Å². The van der Waals surface area contributed by atoms with E-state index in [-0.39, 0.29) is 0 Å². The van der Waals surface area contributed by atoms with Gasteiger partial charge in [0.05, 0.1) is 22.4 Å². The van der Waals surface area contributed by atoms with Crippen LogP contribution in [0.3, 0.4) is 0 Å². The summed E-state index contributed by atoms with van der Waals surface area (Å²) in [6.45, 7) is 4.42. The normalized spacial score (nSPS) is 13.2. The van der Waals surface area contributed by atoms with Gasteiger partial charge in [0, 0.05) is 16.3 Å². The molecule has 0 bridgehead atoms. The average molecular weight is 504 g/mol. The first-order valence-corrected chi connectivity index (χ1v) is 13.6. The van der Waals surface area contributed by atoms with E-state index in [1.165, 1.54) is 33.0 Å². The Kier molecular flexibility index (Phi) is 5.70. The molecule has 39 heavy (non-hydrogen) atoms. The van der Waals surface area contributed by atoms with Crippen LogP contribution in [0.4, 0.5) is 0 Å². The second-order valence-corrected chi connectivity index (χ2v) is 10.2. The quantitative estimate of drug-likeness (QED) is 0.240. The predicted octanol–water partition coefficient (Wildman–Crippen LogP) is 9.26. The minimum Gasteiger partial charge on any atom is -0.278 e. The lowest BCUT2D eigenvalue weighted by molar-refractivity contribution is 0.977. The Hall–Kier alpha value is -4.76. The lowest BCUT2D eigenvalue weighted by Gasteiger charge is -2.14. The zero-order chi connectivity index (χ0) is 26.3. The average Bonchev–Trinajstić information content (AvgIpc) is 3.34. The number of fused-ring (bicyclic) bond motifs is 3. The van der Waals surface area contributed by atoms with Gasteiger partial charge in [-0.3, -0.25) is 4.57 Å². The van der Waals surface area contributed by atoms with E-state index in [9.17, 15) is 0 Å². The van der Waals surface area contributed by atoms with Crippen LogP contribution in [0.1, 0.15) is 29.7 Å². The molecule has 2 aromatic heterocycles. The minimum atomic E-state index is 0.695. The highest BCUT2D eigenvalue weighted by Gasteiger charge is 2.20. The smallest absolute Gasteiger partial charge is 0.235 e. The third-order valence-corrected chi connectivity index (χ3v) is 7.81. The van der Waals surface area contributed by atoms with Gasteiger partial charge in [-0.05, 0) is 72.7 Å². The van der Waals surface area contributed by atoms with E-state index in [4.69, 9.17) is 9.97 Å². The van der Waals surface area contributed by atoms with Gasteiger partial charge in [-0.1, -0.05) is 97.1 Å². The van der Waals surface area contributed by atoms with Crippen LogP contribution in [0.15, 0.2) is 115 Å². The molecule has 7 rings (SSSR count). The molecule has 0 saturated heterocycles. The second kappa shape index (κ2) is 9.52. The van der Waals surface area contributed by atoms with Crippen molar-refractivity contribution in [3.8, 4) is 28.3 Å². The number of allylic oxidation sites excluding steroid dienone is 4. The lowest BCUT2D eigenvalue weighted by atomic mass is 9.94. The topological polar surface area (TPSA) is 30.7 Å². The number of benzene rings is 4. The van der Waals surface area contributed by atoms with Crippen molar-refractivity contribution >= 4 is 27.4 Å². The van der Waals surface area contributed by atoms with Gasteiger partial charge >= 0.3 is 0 Å². The molecule has 0 amide bonds. The van der Waals surface area contributed by atoms with E-state index in [0.29, 0.717) is 5.95 Å². The zero-order valence-corrected chi connectivity index (χ0v) is 22.2. The highest BCUT2D eigenvalue weighted by atomic mass is 15.2. The van der Waals surface area contributed by atoms with Gasteiger partial charge in [0.25, 0.3) is 0 Å². The summed E-state index contributed by atoms with van der Waals surface area (Å²) in [4.78, 5) is 10.3. The number of para-hydroxylation sites is 1. The Morgan fingerprint density at radius 1 is 0.667 bits per heavy atom. The summed E-state index contributed by atoms with van der Waals surface area (Å²) < 4.78 is 2.24. The molecule has 3 nitrogen and oxygen atoms in total. The van der Waals surface area contributed by atoms with Crippen LogP contribution < -0.4 is 0 Å². The van der Waals surface area contributed by atoms with E-state index < -0.39 is 0 Å². The minimum absolute atomic E-state index is 0.695. The summed E-state index contributed by atoms with van der Waals surface area (Å²) in [6, 6.07) is 34.3. The fourth-order valence-electron chi connectivity index (χ4n) is 5.86. The summed E-state index contributed by atoms with van der Waals surface area (Å²) in [5.41, 5.74) is 11.4. The molecule has 0 atom stereocenters. The van der Waals surface area contributed by atoms with Crippen LogP contribution >= 0.6 is 0 Å². The molecule has 3 heteroatoms. The van der Waals surface area contributed by atoms with Gasteiger partial charge < -0.3 is 0 Å². The van der Waals surface area contributed by atoms with Crippen molar-refractivity contribution in [1.29, 1.82) is 0 Å². The SMILES string of the molecule is Cc1ccccc1-c1ccc2c(c1C)c1ccccc1n2-c1nc(C2=CCCC=C2)cc(-c2ccccc2)n1. The van der Waals surface area contributed by atoms with E-state index in [1.807, 2.05) is 6.07 Å². The van der Waals surface area contributed by atoms with Crippen molar-refractivity contribution in [2.45, 2.75) is 26.7 Å². The summed E-state index contributed by atoms with van der Waals surface area (Å²) in [6.07, 6.45) is 8.81. The van der Waals surface area contributed by atoms with Gasteiger partial charge in [0.2, 0.25) is 5.95 Å². The summed E-state index contributed by atoms with van der Waals surface area (Å²) in [7, 11) is 0. The Morgan fingerprint density at radius 3 is 2.26 bits per heavy atom. The molecule has 0 fully saturated rings. The Balaban J connectivity index is 1.53. The third kappa shape index (κ3) is 3.98. The molecule has 0 aliphatic heterocycles. The molecule has 4 aromatic carbocycles. The first-order valence-electron chi connectivity index (χ1n) is 13.6. The van der Waals surface area contributed by atoms with Crippen molar-refractivity contribution in [3.05, 3.63) is 132 Å². The second-order valence-electron chi connectivity index (χ2n) is 10.2. The largest absolute Gasteiger partial charge is 0.278 e. The lowest BCUT2D eigenvalue weighted by Crippen LogP contribution is -2.05. The summed E-state index contributed by atoms with van der Waals surface area (Å²) in [5.74, 6) is 0.695. The molecule has 6 aromatic rings. The van der Waals surface area contributed by atoms with Crippen LogP contribution in [0.5, 0.6) is 0 Å². The van der Waals surface area contributed by atoms with Crippen LogP contribution in [-0.4, -0.2) is 14.5 Å². The highest BCUT2D eigenvalue weighted by molar-refractivity contribution is 6.12. The maximum Gasteiger partial charge on any atom is 0.235 e. The van der Waals surface area contributed by atoms with Crippen molar-refractivity contribution in [2.24, 2.45) is 0 Å². The molecule has 1 aliphatic carbocycles. The molecular formula is C36H29N3.